The van der Waals surface area contributed by atoms with Crippen LogP contribution in [-0.4, -0.2) is 11.0 Å². The lowest BCUT2D eigenvalue weighted by Gasteiger charge is -2.08. The SMILES string of the molecule is CC(C)Nc1nc2c(s1)CCc1sccc1-2. The first-order valence-corrected chi connectivity index (χ1v) is 7.26. The molecule has 0 bridgehead atoms. The highest BCUT2D eigenvalue weighted by Crippen LogP contribution is 2.40. The van der Waals surface area contributed by atoms with E-state index in [-0.39, 0.29) is 0 Å². The lowest BCUT2D eigenvalue weighted by atomic mass is 10.0. The van der Waals surface area contributed by atoms with Gasteiger partial charge in [-0.1, -0.05) is 0 Å². The van der Waals surface area contributed by atoms with Crippen molar-refractivity contribution in [2.45, 2.75) is 32.7 Å². The zero-order chi connectivity index (χ0) is 11.1. The van der Waals surface area contributed by atoms with Gasteiger partial charge < -0.3 is 5.32 Å². The van der Waals surface area contributed by atoms with Crippen LogP contribution in [0.1, 0.15) is 23.6 Å². The van der Waals surface area contributed by atoms with Gasteiger partial charge in [0.15, 0.2) is 5.13 Å². The average Bonchev–Trinajstić information content (AvgIpc) is 2.78. The minimum atomic E-state index is 0.453. The number of hydrogen-bond donors (Lipinski definition) is 1. The van der Waals surface area contributed by atoms with E-state index >= 15 is 0 Å². The van der Waals surface area contributed by atoms with Crippen molar-refractivity contribution in [3.8, 4) is 11.3 Å². The van der Waals surface area contributed by atoms with E-state index in [0.717, 1.165) is 11.6 Å². The zero-order valence-electron chi connectivity index (χ0n) is 9.41. The van der Waals surface area contributed by atoms with Crippen LogP contribution >= 0.6 is 22.7 Å². The number of thiazole rings is 1. The fraction of sp³-hybridized carbons (Fsp3) is 0.417. The summed E-state index contributed by atoms with van der Waals surface area (Å²) in [6.45, 7) is 4.30. The van der Waals surface area contributed by atoms with E-state index in [1.165, 1.54) is 27.4 Å². The van der Waals surface area contributed by atoms with Gasteiger partial charge in [0.05, 0.1) is 5.69 Å². The summed E-state index contributed by atoms with van der Waals surface area (Å²) in [5, 5.41) is 6.64. The van der Waals surface area contributed by atoms with Gasteiger partial charge in [-0.2, -0.15) is 0 Å². The van der Waals surface area contributed by atoms with Crippen LogP contribution in [0.5, 0.6) is 0 Å². The van der Waals surface area contributed by atoms with Gasteiger partial charge in [-0.25, -0.2) is 4.98 Å². The molecule has 4 heteroatoms. The van der Waals surface area contributed by atoms with Crippen LogP contribution in [0.2, 0.25) is 0 Å². The second kappa shape index (κ2) is 3.86. The molecule has 0 atom stereocenters. The van der Waals surface area contributed by atoms with E-state index in [4.69, 9.17) is 4.98 Å². The molecule has 2 heterocycles. The second-order valence-corrected chi connectivity index (χ2v) is 6.43. The van der Waals surface area contributed by atoms with Crippen molar-refractivity contribution in [1.82, 2.24) is 4.98 Å². The Kier molecular flexibility index (Phi) is 2.48. The molecule has 1 aliphatic rings. The summed E-state index contributed by atoms with van der Waals surface area (Å²) in [4.78, 5) is 7.65. The Morgan fingerprint density at radius 1 is 1.31 bits per heavy atom. The average molecular weight is 250 g/mol. The number of nitrogens with one attached hydrogen (secondary N) is 1. The highest BCUT2D eigenvalue weighted by molar-refractivity contribution is 7.16. The monoisotopic (exact) mass is 250 g/mol. The fourth-order valence-corrected chi connectivity index (χ4v) is 4.01. The number of fused-ring (bicyclic) bond motifs is 3. The largest absolute Gasteiger partial charge is 0.359 e. The molecule has 0 radical (unpaired) electrons. The Morgan fingerprint density at radius 2 is 2.12 bits per heavy atom. The smallest absolute Gasteiger partial charge is 0.183 e. The first-order chi connectivity index (χ1) is 7.74. The predicted octanol–water partition coefficient (Wildman–Crippen LogP) is 3.79. The van der Waals surface area contributed by atoms with Crippen LogP contribution in [0.15, 0.2) is 11.4 Å². The zero-order valence-corrected chi connectivity index (χ0v) is 11.0. The molecule has 0 aliphatic heterocycles. The number of aromatic nitrogens is 1. The number of hydrogen-bond acceptors (Lipinski definition) is 4. The molecule has 1 N–H and O–H groups in total. The fourth-order valence-electron chi connectivity index (χ4n) is 2.01. The van der Waals surface area contributed by atoms with Gasteiger partial charge in [-0.3, -0.25) is 0 Å². The lowest BCUT2D eigenvalue weighted by Crippen LogP contribution is -2.08. The molecule has 0 saturated heterocycles. The van der Waals surface area contributed by atoms with Crippen molar-refractivity contribution in [3.05, 3.63) is 21.2 Å². The minimum absolute atomic E-state index is 0.453. The van der Waals surface area contributed by atoms with E-state index in [1.807, 2.05) is 22.7 Å². The molecule has 0 spiro atoms. The molecule has 16 heavy (non-hydrogen) atoms. The highest BCUT2D eigenvalue weighted by atomic mass is 32.1. The summed E-state index contributed by atoms with van der Waals surface area (Å²) in [6, 6.07) is 2.66. The van der Waals surface area contributed by atoms with E-state index < -0.39 is 0 Å². The van der Waals surface area contributed by atoms with Crippen molar-refractivity contribution < 1.29 is 0 Å². The van der Waals surface area contributed by atoms with Crippen LogP contribution in [0.4, 0.5) is 5.13 Å². The number of anilines is 1. The van der Waals surface area contributed by atoms with Crippen LogP contribution < -0.4 is 5.32 Å². The third-order valence-electron chi connectivity index (χ3n) is 2.69. The van der Waals surface area contributed by atoms with Gasteiger partial charge in [-0.05, 0) is 38.1 Å². The molecule has 2 nitrogen and oxygen atoms in total. The Balaban J connectivity index is 2.02. The van der Waals surface area contributed by atoms with Crippen LogP contribution in [0.25, 0.3) is 11.3 Å². The van der Waals surface area contributed by atoms with Crippen molar-refractivity contribution in [1.29, 1.82) is 0 Å². The molecule has 3 rings (SSSR count). The first-order valence-electron chi connectivity index (χ1n) is 5.57. The number of rotatable bonds is 2. The Hall–Kier alpha value is -0.870. The maximum Gasteiger partial charge on any atom is 0.183 e. The minimum Gasteiger partial charge on any atom is -0.359 e. The molecule has 2 aromatic rings. The molecule has 0 fully saturated rings. The molecular weight excluding hydrogens is 236 g/mol. The van der Waals surface area contributed by atoms with Gasteiger partial charge in [0, 0.05) is 21.4 Å². The Labute approximate surface area is 103 Å². The number of aryl methyl sites for hydroxylation is 2. The van der Waals surface area contributed by atoms with Gasteiger partial charge in [0.25, 0.3) is 0 Å². The van der Waals surface area contributed by atoms with E-state index in [2.05, 4.69) is 30.6 Å². The van der Waals surface area contributed by atoms with E-state index in [0.29, 0.717) is 6.04 Å². The molecule has 84 valence electrons. The van der Waals surface area contributed by atoms with Crippen molar-refractivity contribution in [2.75, 3.05) is 5.32 Å². The van der Waals surface area contributed by atoms with Crippen LogP contribution in [0, 0.1) is 0 Å². The standard InChI is InChI=1S/C12H14N2S2/c1-7(2)13-12-14-11-8-5-6-15-9(8)3-4-10(11)16-12/h5-7H,3-4H2,1-2H3,(H,13,14). The lowest BCUT2D eigenvalue weighted by molar-refractivity contribution is 0.896. The summed E-state index contributed by atoms with van der Waals surface area (Å²) in [5.74, 6) is 0. The van der Waals surface area contributed by atoms with E-state index in [1.54, 1.807) is 0 Å². The van der Waals surface area contributed by atoms with Crippen molar-refractivity contribution >= 4 is 27.8 Å². The number of thiophene rings is 1. The van der Waals surface area contributed by atoms with Crippen molar-refractivity contribution in [2.24, 2.45) is 0 Å². The maximum atomic E-state index is 4.72. The normalized spacial score (nSPS) is 13.7. The van der Waals surface area contributed by atoms with Gasteiger partial charge in [-0.15, -0.1) is 22.7 Å². The molecule has 2 aromatic heterocycles. The van der Waals surface area contributed by atoms with Crippen LogP contribution in [0.3, 0.4) is 0 Å². The van der Waals surface area contributed by atoms with E-state index in [9.17, 15) is 0 Å². The summed E-state index contributed by atoms with van der Waals surface area (Å²) >= 11 is 3.67. The predicted molar refractivity (Wildman–Crippen MR) is 71.6 cm³/mol. The second-order valence-electron chi connectivity index (χ2n) is 4.35. The maximum absolute atomic E-state index is 4.72. The molecule has 0 amide bonds. The Morgan fingerprint density at radius 3 is 2.94 bits per heavy atom. The third kappa shape index (κ3) is 1.66. The summed E-state index contributed by atoms with van der Waals surface area (Å²) in [5.41, 5.74) is 2.58. The summed E-state index contributed by atoms with van der Waals surface area (Å²) in [7, 11) is 0. The molecule has 0 aromatic carbocycles. The van der Waals surface area contributed by atoms with Crippen LogP contribution in [-0.2, 0) is 12.8 Å². The topological polar surface area (TPSA) is 24.9 Å². The quantitative estimate of drug-likeness (QED) is 0.877. The molecule has 1 aliphatic carbocycles. The van der Waals surface area contributed by atoms with Gasteiger partial charge in [0.2, 0.25) is 0 Å². The van der Waals surface area contributed by atoms with Gasteiger partial charge >= 0.3 is 0 Å². The molecular formula is C12H14N2S2. The Bertz CT molecular complexity index is 511. The third-order valence-corrected chi connectivity index (χ3v) is 4.72. The first kappa shape index (κ1) is 10.3. The molecule has 0 unspecified atom stereocenters. The molecule has 0 saturated carbocycles. The summed E-state index contributed by atoms with van der Waals surface area (Å²) in [6.07, 6.45) is 2.34. The highest BCUT2D eigenvalue weighted by Gasteiger charge is 2.21. The van der Waals surface area contributed by atoms with Gasteiger partial charge in [0.1, 0.15) is 0 Å². The van der Waals surface area contributed by atoms with Crippen molar-refractivity contribution in [3.63, 3.8) is 0 Å². The summed E-state index contributed by atoms with van der Waals surface area (Å²) < 4.78 is 0. The number of nitrogens with zero attached hydrogens (tertiary/aromatic N) is 1.